The van der Waals surface area contributed by atoms with Crippen LogP contribution in [0.25, 0.3) is 10.2 Å². The first-order valence-electron chi connectivity index (χ1n) is 5.53. The Morgan fingerprint density at radius 1 is 1.40 bits per heavy atom. The van der Waals surface area contributed by atoms with Gasteiger partial charge in [-0.1, -0.05) is 0 Å². The van der Waals surface area contributed by atoms with Crippen LogP contribution in [0.3, 0.4) is 0 Å². The lowest BCUT2D eigenvalue weighted by Gasteiger charge is -2.10. The van der Waals surface area contributed by atoms with E-state index in [0.29, 0.717) is 10.0 Å². The molecule has 0 radical (unpaired) electrons. The molecule has 4 nitrogen and oxygen atoms in total. The zero-order valence-electron chi connectivity index (χ0n) is 10.4. The van der Waals surface area contributed by atoms with Gasteiger partial charge < -0.3 is 4.57 Å². The molecule has 0 unspecified atom stereocenters. The third-order valence-corrected chi connectivity index (χ3v) is 4.08. The van der Waals surface area contributed by atoms with Crippen LogP contribution in [0.2, 0.25) is 0 Å². The average molecular weight is 322 g/mol. The molecule has 0 saturated heterocycles. The van der Waals surface area contributed by atoms with Crippen LogP contribution < -0.4 is 0 Å². The Labute approximate surface area is 120 Å². The number of halogens is 3. The fraction of sp³-hybridized carbons (Fsp3) is 0.364. The van der Waals surface area contributed by atoms with E-state index in [9.17, 15) is 23.3 Å². The van der Waals surface area contributed by atoms with Crippen molar-refractivity contribution in [3.05, 3.63) is 31.8 Å². The third-order valence-electron chi connectivity index (χ3n) is 2.73. The van der Waals surface area contributed by atoms with E-state index in [1.807, 2.05) is 0 Å². The van der Waals surface area contributed by atoms with Gasteiger partial charge in [-0.05, 0) is 32.1 Å². The van der Waals surface area contributed by atoms with Gasteiger partial charge >= 0.3 is 6.18 Å². The fourth-order valence-corrected chi connectivity index (χ4v) is 3.56. The Kier molecular flexibility index (Phi) is 3.59. The highest BCUT2D eigenvalue weighted by Crippen LogP contribution is 2.39. The molecular formula is C11H9F3N2O2S2. The number of fused-ring (bicyclic) bond motifs is 1. The molecule has 0 saturated carbocycles. The summed E-state index contributed by atoms with van der Waals surface area (Å²) in [6.45, 7) is 3.53. The summed E-state index contributed by atoms with van der Waals surface area (Å²) in [5.74, 6) is 0. The van der Waals surface area contributed by atoms with Gasteiger partial charge in [-0.25, -0.2) is 0 Å². The smallest absolute Gasteiger partial charge is 0.315 e. The maximum absolute atomic E-state index is 12.8. The van der Waals surface area contributed by atoms with Crippen molar-refractivity contribution in [3.8, 4) is 0 Å². The molecule has 0 bridgehead atoms. The Morgan fingerprint density at radius 3 is 2.45 bits per heavy atom. The first kappa shape index (κ1) is 14.9. The van der Waals surface area contributed by atoms with Crippen LogP contribution in [-0.4, -0.2) is 9.49 Å². The van der Waals surface area contributed by atoms with Crippen molar-refractivity contribution in [2.45, 2.75) is 26.1 Å². The van der Waals surface area contributed by atoms with Gasteiger partial charge in [0.2, 0.25) is 0 Å². The van der Waals surface area contributed by atoms with E-state index < -0.39 is 22.4 Å². The molecule has 0 N–H and O–H groups in total. The molecule has 2 aromatic rings. The summed E-state index contributed by atoms with van der Waals surface area (Å²) >= 11 is 6.03. The van der Waals surface area contributed by atoms with Crippen molar-refractivity contribution in [2.75, 3.05) is 0 Å². The van der Waals surface area contributed by atoms with Crippen molar-refractivity contribution in [2.24, 2.45) is 0 Å². The largest absolute Gasteiger partial charge is 0.416 e. The highest BCUT2D eigenvalue weighted by Gasteiger charge is 2.34. The minimum absolute atomic E-state index is 0.146. The second-order valence-corrected chi connectivity index (χ2v) is 6.10. The molecule has 0 aliphatic carbocycles. The number of nitro benzene ring substituents is 1. The van der Waals surface area contributed by atoms with Gasteiger partial charge in [0.05, 0.1) is 15.2 Å². The lowest BCUT2D eigenvalue weighted by molar-refractivity contribution is -0.383. The zero-order valence-corrected chi connectivity index (χ0v) is 12.0. The van der Waals surface area contributed by atoms with E-state index in [-0.39, 0.29) is 16.3 Å². The quantitative estimate of drug-likeness (QED) is 0.447. The number of hydrogen-bond acceptors (Lipinski definition) is 4. The first-order valence-corrected chi connectivity index (χ1v) is 6.76. The normalized spacial score (nSPS) is 12.3. The second-order valence-electron chi connectivity index (χ2n) is 4.43. The summed E-state index contributed by atoms with van der Waals surface area (Å²) in [6.07, 6.45) is -4.63. The topological polar surface area (TPSA) is 48.1 Å². The van der Waals surface area contributed by atoms with E-state index in [1.165, 1.54) is 4.57 Å². The molecule has 108 valence electrons. The minimum Gasteiger partial charge on any atom is -0.315 e. The molecule has 1 heterocycles. The number of alkyl halides is 3. The van der Waals surface area contributed by atoms with E-state index in [2.05, 4.69) is 0 Å². The van der Waals surface area contributed by atoms with Gasteiger partial charge in [-0.2, -0.15) is 13.2 Å². The van der Waals surface area contributed by atoms with Crippen molar-refractivity contribution < 1.29 is 18.1 Å². The number of aromatic nitrogens is 1. The molecule has 2 rings (SSSR count). The lowest BCUT2D eigenvalue weighted by Crippen LogP contribution is -2.07. The molecular weight excluding hydrogens is 313 g/mol. The van der Waals surface area contributed by atoms with E-state index >= 15 is 0 Å². The number of thiazole rings is 1. The summed E-state index contributed by atoms with van der Waals surface area (Å²) in [6, 6.07) is 1.29. The standard InChI is InChI=1S/C11H9F3N2O2S2/c1-5(2)15-9-7(16(17)18)3-6(11(12,13)14)4-8(9)20-10(15)19/h3-5H,1-2H3. The molecule has 20 heavy (non-hydrogen) atoms. The van der Waals surface area contributed by atoms with Crippen LogP contribution in [-0.2, 0) is 6.18 Å². The summed E-state index contributed by atoms with van der Waals surface area (Å²) in [7, 11) is 0. The average Bonchev–Trinajstić information content (AvgIpc) is 2.61. The van der Waals surface area contributed by atoms with E-state index in [0.717, 1.165) is 17.4 Å². The number of rotatable bonds is 2. The van der Waals surface area contributed by atoms with Crippen LogP contribution in [0.5, 0.6) is 0 Å². The van der Waals surface area contributed by atoms with Gasteiger partial charge in [-0.15, -0.1) is 11.3 Å². The minimum atomic E-state index is -4.63. The zero-order chi connectivity index (χ0) is 15.2. The maximum Gasteiger partial charge on any atom is 0.416 e. The summed E-state index contributed by atoms with van der Waals surface area (Å²) in [5.41, 5.74) is -1.47. The summed E-state index contributed by atoms with van der Waals surface area (Å²) in [5, 5.41) is 11.1. The molecule has 1 aromatic carbocycles. The SMILES string of the molecule is CC(C)n1c(=S)sc2cc(C(F)(F)F)cc([N+](=O)[O-])c21. The van der Waals surface area contributed by atoms with Crippen molar-refractivity contribution in [1.82, 2.24) is 4.57 Å². The molecule has 1 aromatic heterocycles. The maximum atomic E-state index is 12.8. The van der Waals surface area contributed by atoms with Crippen LogP contribution in [0.1, 0.15) is 25.5 Å². The van der Waals surface area contributed by atoms with Crippen LogP contribution in [0.15, 0.2) is 12.1 Å². The first-order chi connectivity index (χ1) is 9.12. The van der Waals surface area contributed by atoms with Gasteiger partial charge in [0.1, 0.15) is 5.52 Å². The highest BCUT2D eigenvalue weighted by atomic mass is 32.1. The Morgan fingerprint density at radius 2 is 2.00 bits per heavy atom. The Balaban J connectivity index is 2.94. The second kappa shape index (κ2) is 4.81. The van der Waals surface area contributed by atoms with Crippen LogP contribution >= 0.6 is 23.6 Å². The third kappa shape index (κ3) is 2.42. The predicted octanol–water partition coefficient (Wildman–Crippen LogP) is 4.94. The lowest BCUT2D eigenvalue weighted by atomic mass is 10.1. The monoisotopic (exact) mass is 322 g/mol. The predicted molar refractivity (Wildman–Crippen MR) is 72.7 cm³/mol. The molecule has 0 atom stereocenters. The fourth-order valence-electron chi connectivity index (χ4n) is 1.92. The molecule has 0 spiro atoms. The number of nitrogens with zero attached hydrogens (tertiary/aromatic N) is 2. The number of benzene rings is 1. The van der Waals surface area contributed by atoms with Crippen molar-refractivity contribution in [1.29, 1.82) is 0 Å². The van der Waals surface area contributed by atoms with Gasteiger partial charge in [0.25, 0.3) is 5.69 Å². The van der Waals surface area contributed by atoms with Gasteiger partial charge in [0.15, 0.2) is 3.95 Å². The number of hydrogen-bond donors (Lipinski definition) is 0. The summed E-state index contributed by atoms with van der Waals surface area (Å²) in [4.78, 5) is 10.3. The van der Waals surface area contributed by atoms with Crippen molar-refractivity contribution in [3.63, 3.8) is 0 Å². The van der Waals surface area contributed by atoms with Crippen LogP contribution in [0.4, 0.5) is 18.9 Å². The van der Waals surface area contributed by atoms with Crippen LogP contribution in [0, 0.1) is 14.1 Å². The molecule has 0 fully saturated rings. The number of nitro groups is 1. The van der Waals surface area contributed by atoms with E-state index in [4.69, 9.17) is 12.2 Å². The molecule has 0 aliphatic rings. The summed E-state index contributed by atoms with van der Waals surface area (Å²) < 4.78 is 40.3. The van der Waals surface area contributed by atoms with E-state index in [1.54, 1.807) is 13.8 Å². The number of non-ortho nitro benzene ring substituents is 1. The molecule has 0 amide bonds. The molecule has 9 heteroatoms. The van der Waals surface area contributed by atoms with Crippen molar-refractivity contribution >= 4 is 39.5 Å². The molecule has 0 aliphatic heterocycles. The Hall–Kier alpha value is -1.48. The highest BCUT2D eigenvalue weighted by molar-refractivity contribution is 7.73. The Bertz CT molecular complexity index is 746. The van der Waals surface area contributed by atoms with Gasteiger partial charge in [-0.3, -0.25) is 10.1 Å². The van der Waals surface area contributed by atoms with Gasteiger partial charge in [0, 0.05) is 12.1 Å².